The number of aromatic nitrogens is 2. The average Bonchev–Trinajstić information content (AvgIpc) is 3.10. The molecule has 3 aromatic rings. The zero-order chi connectivity index (χ0) is 15.5. The third-order valence-corrected chi connectivity index (χ3v) is 3.35. The van der Waals surface area contributed by atoms with Crippen LogP contribution in [0.4, 0.5) is 5.69 Å². The van der Waals surface area contributed by atoms with Crippen molar-refractivity contribution in [3.05, 3.63) is 42.3 Å². The van der Waals surface area contributed by atoms with Crippen LogP contribution in [-0.2, 0) is 11.3 Å². The Morgan fingerprint density at radius 3 is 2.95 bits per heavy atom. The van der Waals surface area contributed by atoms with Crippen LogP contribution >= 0.6 is 0 Å². The van der Waals surface area contributed by atoms with Crippen LogP contribution in [0.15, 0.2) is 41.1 Å². The Labute approximate surface area is 127 Å². The van der Waals surface area contributed by atoms with E-state index in [4.69, 9.17) is 9.26 Å². The van der Waals surface area contributed by atoms with E-state index in [0.29, 0.717) is 11.6 Å². The lowest BCUT2D eigenvalue weighted by Crippen LogP contribution is -2.20. The van der Waals surface area contributed by atoms with E-state index in [1.54, 1.807) is 13.0 Å². The van der Waals surface area contributed by atoms with Gasteiger partial charge in [0.05, 0.1) is 0 Å². The number of nitrogens with zero attached hydrogens (tertiary/aromatic N) is 2. The number of nitrogens with one attached hydrogen (secondary N) is 1. The van der Waals surface area contributed by atoms with Crippen molar-refractivity contribution in [2.75, 3.05) is 11.9 Å². The number of aryl methyl sites for hydroxylation is 2. The molecule has 2 heterocycles. The molecule has 6 nitrogen and oxygen atoms in total. The number of hydrogen-bond acceptors (Lipinski definition) is 4. The fourth-order valence-electron chi connectivity index (χ4n) is 2.30. The van der Waals surface area contributed by atoms with E-state index in [1.165, 1.54) is 0 Å². The molecule has 0 unspecified atom stereocenters. The Bertz CT molecular complexity index is 804. The zero-order valence-corrected chi connectivity index (χ0v) is 12.5. The molecule has 1 amide bonds. The number of carbonyl (C=O) groups is 1. The van der Waals surface area contributed by atoms with Crippen molar-refractivity contribution >= 4 is 22.5 Å². The van der Waals surface area contributed by atoms with Gasteiger partial charge < -0.3 is 19.1 Å². The van der Waals surface area contributed by atoms with Crippen molar-refractivity contribution < 1.29 is 14.1 Å². The van der Waals surface area contributed by atoms with Crippen molar-refractivity contribution in [3.63, 3.8) is 0 Å². The predicted octanol–water partition coefficient (Wildman–Crippen LogP) is 2.98. The first-order valence-corrected chi connectivity index (χ1v) is 7.10. The maximum absolute atomic E-state index is 11.9. The molecular formula is C16H17N3O3. The molecule has 0 aliphatic rings. The fourth-order valence-corrected chi connectivity index (χ4v) is 2.30. The van der Waals surface area contributed by atoms with E-state index in [-0.39, 0.29) is 12.5 Å². The summed E-state index contributed by atoms with van der Waals surface area (Å²) in [5.41, 5.74) is 1.89. The lowest BCUT2D eigenvalue weighted by Gasteiger charge is -2.06. The van der Waals surface area contributed by atoms with Crippen LogP contribution in [0.2, 0.25) is 0 Å². The number of hydrogen-bond donors (Lipinski definition) is 1. The largest absolute Gasteiger partial charge is 0.465 e. The summed E-state index contributed by atoms with van der Waals surface area (Å²) in [5, 5.41) is 7.57. The van der Waals surface area contributed by atoms with Crippen molar-refractivity contribution in [1.82, 2.24) is 9.72 Å². The summed E-state index contributed by atoms with van der Waals surface area (Å²) in [4.78, 5) is 11.9. The highest BCUT2D eigenvalue weighted by atomic mass is 16.5. The van der Waals surface area contributed by atoms with Gasteiger partial charge in [0.15, 0.2) is 6.61 Å². The molecule has 0 aliphatic heterocycles. The Morgan fingerprint density at radius 2 is 2.23 bits per heavy atom. The molecule has 114 valence electrons. The van der Waals surface area contributed by atoms with Crippen molar-refractivity contribution in [3.8, 4) is 5.88 Å². The van der Waals surface area contributed by atoms with Gasteiger partial charge in [-0.25, -0.2) is 0 Å². The molecule has 0 spiro atoms. The highest BCUT2D eigenvalue weighted by Crippen LogP contribution is 2.20. The molecule has 0 atom stereocenters. The number of rotatable bonds is 5. The van der Waals surface area contributed by atoms with E-state index >= 15 is 0 Å². The van der Waals surface area contributed by atoms with E-state index in [9.17, 15) is 4.79 Å². The van der Waals surface area contributed by atoms with Crippen molar-refractivity contribution in [2.45, 2.75) is 20.4 Å². The molecule has 0 aliphatic carbocycles. The highest BCUT2D eigenvalue weighted by Gasteiger charge is 2.08. The van der Waals surface area contributed by atoms with Crippen LogP contribution in [-0.4, -0.2) is 22.2 Å². The van der Waals surface area contributed by atoms with E-state index in [0.717, 1.165) is 23.1 Å². The number of ether oxygens (including phenoxy) is 1. The minimum absolute atomic E-state index is 0.111. The Morgan fingerprint density at radius 1 is 1.36 bits per heavy atom. The number of fused-ring (bicyclic) bond motifs is 1. The summed E-state index contributed by atoms with van der Waals surface area (Å²) in [6.07, 6.45) is 2.03. The Hall–Kier alpha value is -2.76. The van der Waals surface area contributed by atoms with Gasteiger partial charge in [0, 0.05) is 35.4 Å². The molecule has 0 radical (unpaired) electrons. The summed E-state index contributed by atoms with van der Waals surface area (Å²) in [7, 11) is 0. The lowest BCUT2D eigenvalue weighted by atomic mass is 10.2. The molecule has 0 saturated heterocycles. The second-order valence-corrected chi connectivity index (χ2v) is 4.99. The summed E-state index contributed by atoms with van der Waals surface area (Å²) in [5.74, 6) is 0.708. The van der Waals surface area contributed by atoms with Gasteiger partial charge in [-0.05, 0) is 43.3 Å². The second-order valence-electron chi connectivity index (χ2n) is 4.99. The van der Waals surface area contributed by atoms with Gasteiger partial charge in [0.1, 0.15) is 5.76 Å². The molecule has 1 aromatic carbocycles. The number of benzene rings is 1. The van der Waals surface area contributed by atoms with Crippen molar-refractivity contribution in [1.29, 1.82) is 0 Å². The maximum Gasteiger partial charge on any atom is 0.262 e. The summed E-state index contributed by atoms with van der Waals surface area (Å²) >= 11 is 0. The minimum atomic E-state index is -0.241. The minimum Gasteiger partial charge on any atom is -0.465 e. The van der Waals surface area contributed by atoms with Crippen LogP contribution in [0.5, 0.6) is 5.88 Å². The number of amides is 1. The first kappa shape index (κ1) is 14.2. The maximum atomic E-state index is 11.9. The van der Waals surface area contributed by atoms with Gasteiger partial charge in [-0.2, -0.15) is 0 Å². The van der Waals surface area contributed by atoms with Gasteiger partial charge >= 0.3 is 0 Å². The monoisotopic (exact) mass is 299 g/mol. The van der Waals surface area contributed by atoms with Gasteiger partial charge in [0.2, 0.25) is 0 Å². The van der Waals surface area contributed by atoms with Gasteiger partial charge in [-0.15, -0.1) is 0 Å². The third-order valence-electron chi connectivity index (χ3n) is 3.35. The molecule has 2 aromatic heterocycles. The molecule has 3 rings (SSSR count). The van der Waals surface area contributed by atoms with Crippen LogP contribution in [0.25, 0.3) is 10.9 Å². The quantitative estimate of drug-likeness (QED) is 0.786. The van der Waals surface area contributed by atoms with E-state index in [2.05, 4.69) is 22.0 Å². The fraction of sp³-hybridized carbons (Fsp3) is 0.250. The SMILES string of the molecule is CCn1ccc2cc(NC(=O)COc3cc(C)on3)ccc21. The van der Waals surface area contributed by atoms with Gasteiger partial charge in [-0.3, -0.25) is 4.79 Å². The summed E-state index contributed by atoms with van der Waals surface area (Å²) in [6, 6.07) is 9.48. The van der Waals surface area contributed by atoms with Crippen LogP contribution < -0.4 is 10.1 Å². The zero-order valence-electron chi connectivity index (χ0n) is 12.5. The first-order chi connectivity index (χ1) is 10.7. The number of anilines is 1. The average molecular weight is 299 g/mol. The Kier molecular flexibility index (Phi) is 3.82. The molecule has 0 saturated carbocycles. The Balaban J connectivity index is 1.63. The lowest BCUT2D eigenvalue weighted by molar-refractivity contribution is -0.118. The molecule has 22 heavy (non-hydrogen) atoms. The van der Waals surface area contributed by atoms with E-state index < -0.39 is 0 Å². The topological polar surface area (TPSA) is 69.3 Å². The molecule has 1 N–H and O–H groups in total. The summed E-state index contributed by atoms with van der Waals surface area (Å²) in [6.45, 7) is 4.66. The second kappa shape index (κ2) is 5.93. The van der Waals surface area contributed by atoms with Crippen LogP contribution in [0, 0.1) is 6.92 Å². The first-order valence-electron chi connectivity index (χ1n) is 7.10. The van der Waals surface area contributed by atoms with Crippen LogP contribution in [0.3, 0.4) is 0 Å². The highest BCUT2D eigenvalue weighted by molar-refractivity contribution is 5.94. The predicted molar refractivity (Wildman–Crippen MR) is 83.0 cm³/mol. The molecule has 6 heteroatoms. The molecular weight excluding hydrogens is 282 g/mol. The number of carbonyl (C=O) groups excluding carboxylic acids is 1. The molecule has 0 bridgehead atoms. The van der Waals surface area contributed by atoms with Gasteiger partial charge in [-0.1, -0.05) is 0 Å². The van der Waals surface area contributed by atoms with Gasteiger partial charge in [0.25, 0.3) is 11.8 Å². The smallest absolute Gasteiger partial charge is 0.262 e. The molecule has 0 fully saturated rings. The standard InChI is InChI=1S/C16H17N3O3/c1-3-19-7-6-12-9-13(4-5-14(12)19)17-15(20)10-21-16-8-11(2)22-18-16/h4-9H,3,10H2,1-2H3,(H,17,20). The van der Waals surface area contributed by atoms with E-state index in [1.807, 2.05) is 30.5 Å². The summed E-state index contributed by atoms with van der Waals surface area (Å²) < 4.78 is 12.3. The normalized spacial score (nSPS) is 10.8. The third kappa shape index (κ3) is 2.95. The van der Waals surface area contributed by atoms with Crippen LogP contribution in [0.1, 0.15) is 12.7 Å². The van der Waals surface area contributed by atoms with Crippen molar-refractivity contribution in [2.24, 2.45) is 0 Å².